The first-order valence-electron chi connectivity index (χ1n) is 6.48. The van der Waals surface area contributed by atoms with Crippen molar-refractivity contribution in [2.24, 2.45) is 0 Å². The summed E-state index contributed by atoms with van der Waals surface area (Å²) in [4.78, 5) is 22.9. The molecule has 1 atom stereocenters. The van der Waals surface area contributed by atoms with Gasteiger partial charge in [-0.3, -0.25) is 14.8 Å². The van der Waals surface area contributed by atoms with Crippen molar-refractivity contribution in [3.05, 3.63) is 36.2 Å². The average molecular weight is 293 g/mol. The predicted octanol–water partition coefficient (Wildman–Crippen LogP) is 1.49. The van der Waals surface area contributed by atoms with E-state index in [0.29, 0.717) is 5.56 Å². The minimum Gasteiger partial charge on any atom is -0.333 e. The molecule has 0 radical (unpaired) electrons. The lowest BCUT2D eigenvalue weighted by molar-refractivity contribution is 0.0656. The number of hydrogen-bond donors (Lipinski definition) is 1. The van der Waals surface area contributed by atoms with Gasteiger partial charge in [0.15, 0.2) is 0 Å². The molecule has 1 aromatic carbocycles. The molecule has 20 heavy (non-hydrogen) atoms. The first-order chi connectivity index (χ1) is 9.25. The Hall–Kier alpha value is -1.72. The first-order valence-corrected chi connectivity index (χ1v) is 6.48. The fraction of sp³-hybridized carbons (Fsp3) is 0.357. The summed E-state index contributed by atoms with van der Waals surface area (Å²) in [5.74, 6) is 0.0709. The molecule has 2 heterocycles. The van der Waals surface area contributed by atoms with Crippen molar-refractivity contribution in [2.75, 3.05) is 19.6 Å². The normalized spacial score (nSPS) is 18.6. The van der Waals surface area contributed by atoms with Crippen LogP contribution in [0, 0.1) is 0 Å². The molecule has 0 spiro atoms. The van der Waals surface area contributed by atoms with Crippen molar-refractivity contribution in [2.45, 2.75) is 13.0 Å². The minimum atomic E-state index is 0. The summed E-state index contributed by atoms with van der Waals surface area (Å²) in [6, 6.07) is 5.72. The van der Waals surface area contributed by atoms with E-state index < -0.39 is 0 Å². The third kappa shape index (κ3) is 2.73. The summed E-state index contributed by atoms with van der Waals surface area (Å²) in [6.45, 7) is 4.51. The molecule has 1 N–H and O–H groups in total. The van der Waals surface area contributed by atoms with Gasteiger partial charge in [-0.1, -0.05) is 0 Å². The molecule has 0 bridgehead atoms. The van der Waals surface area contributed by atoms with Crippen LogP contribution >= 0.6 is 12.4 Å². The monoisotopic (exact) mass is 292 g/mol. The standard InChI is InChI=1S/C14H16N4O.ClH/c1-10-9-15-6-7-18(10)14(19)11-2-3-12-13(8-11)17-5-4-16-12;/h2-5,8,10,15H,6-7,9H2,1H3;1H. The van der Waals surface area contributed by atoms with Crippen molar-refractivity contribution in [1.29, 1.82) is 0 Å². The van der Waals surface area contributed by atoms with Crippen molar-refractivity contribution < 1.29 is 4.79 Å². The van der Waals surface area contributed by atoms with E-state index in [1.807, 2.05) is 23.1 Å². The number of nitrogens with zero attached hydrogens (tertiary/aromatic N) is 3. The van der Waals surface area contributed by atoms with Gasteiger partial charge in [0.25, 0.3) is 5.91 Å². The number of carbonyl (C=O) groups is 1. The molecule has 2 aromatic rings. The van der Waals surface area contributed by atoms with Crippen LogP contribution in [0.25, 0.3) is 11.0 Å². The highest BCUT2D eigenvalue weighted by atomic mass is 35.5. The quantitative estimate of drug-likeness (QED) is 0.865. The van der Waals surface area contributed by atoms with Crippen LogP contribution in [0.15, 0.2) is 30.6 Å². The summed E-state index contributed by atoms with van der Waals surface area (Å²) < 4.78 is 0. The molecule has 3 rings (SSSR count). The number of piperazine rings is 1. The van der Waals surface area contributed by atoms with E-state index in [-0.39, 0.29) is 24.4 Å². The maximum absolute atomic E-state index is 12.5. The summed E-state index contributed by atoms with van der Waals surface area (Å²) in [7, 11) is 0. The maximum Gasteiger partial charge on any atom is 0.254 e. The SMILES string of the molecule is CC1CNCCN1C(=O)c1ccc2nccnc2c1.Cl. The lowest BCUT2D eigenvalue weighted by Gasteiger charge is -2.34. The minimum absolute atomic E-state index is 0. The summed E-state index contributed by atoms with van der Waals surface area (Å²) in [5, 5.41) is 3.28. The number of nitrogens with one attached hydrogen (secondary N) is 1. The van der Waals surface area contributed by atoms with Gasteiger partial charge in [0.2, 0.25) is 0 Å². The highest BCUT2D eigenvalue weighted by Crippen LogP contribution is 2.15. The van der Waals surface area contributed by atoms with Crippen LogP contribution < -0.4 is 5.32 Å². The highest BCUT2D eigenvalue weighted by molar-refractivity contribution is 5.97. The van der Waals surface area contributed by atoms with Crippen LogP contribution in [0.2, 0.25) is 0 Å². The van der Waals surface area contributed by atoms with Gasteiger partial charge in [0.05, 0.1) is 11.0 Å². The van der Waals surface area contributed by atoms with Crippen LogP contribution in [-0.2, 0) is 0 Å². The highest BCUT2D eigenvalue weighted by Gasteiger charge is 2.24. The Balaban J connectivity index is 0.00000147. The Labute approximate surface area is 123 Å². The fourth-order valence-corrected chi connectivity index (χ4v) is 2.40. The van der Waals surface area contributed by atoms with Crippen molar-refractivity contribution in [3.63, 3.8) is 0 Å². The second kappa shape index (κ2) is 6.15. The molecule has 1 saturated heterocycles. The Morgan fingerprint density at radius 3 is 2.80 bits per heavy atom. The van der Waals surface area contributed by atoms with Crippen LogP contribution in [-0.4, -0.2) is 46.5 Å². The number of rotatable bonds is 1. The third-order valence-electron chi connectivity index (χ3n) is 3.48. The number of carbonyl (C=O) groups excluding carboxylic acids is 1. The Kier molecular flexibility index (Phi) is 4.52. The van der Waals surface area contributed by atoms with E-state index >= 15 is 0 Å². The number of fused-ring (bicyclic) bond motifs is 1. The summed E-state index contributed by atoms with van der Waals surface area (Å²) in [6.07, 6.45) is 3.30. The number of benzene rings is 1. The van der Waals surface area contributed by atoms with Crippen molar-refractivity contribution in [1.82, 2.24) is 20.2 Å². The Bertz CT molecular complexity index is 619. The molecule has 1 aliphatic rings. The fourth-order valence-electron chi connectivity index (χ4n) is 2.40. The lowest BCUT2D eigenvalue weighted by Crippen LogP contribution is -2.52. The number of amides is 1. The Morgan fingerprint density at radius 1 is 1.30 bits per heavy atom. The van der Waals surface area contributed by atoms with E-state index in [1.165, 1.54) is 0 Å². The molecule has 6 heteroatoms. The molecule has 0 aliphatic carbocycles. The second-order valence-electron chi connectivity index (χ2n) is 4.81. The largest absolute Gasteiger partial charge is 0.333 e. The summed E-state index contributed by atoms with van der Waals surface area (Å²) in [5.41, 5.74) is 2.25. The lowest BCUT2D eigenvalue weighted by atomic mass is 10.1. The molecule has 1 aliphatic heterocycles. The van der Waals surface area contributed by atoms with Crippen LogP contribution in [0.3, 0.4) is 0 Å². The van der Waals surface area contributed by atoms with Crippen LogP contribution in [0.1, 0.15) is 17.3 Å². The van der Waals surface area contributed by atoms with Gasteiger partial charge in [-0.05, 0) is 25.1 Å². The molecule has 1 aromatic heterocycles. The van der Waals surface area contributed by atoms with Gasteiger partial charge >= 0.3 is 0 Å². The van der Waals surface area contributed by atoms with E-state index in [1.54, 1.807) is 12.4 Å². The van der Waals surface area contributed by atoms with E-state index in [4.69, 9.17) is 0 Å². The van der Waals surface area contributed by atoms with Gasteiger partial charge < -0.3 is 10.2 Å². The predicted molar refractivity (Wildman–Crippen MR) is 80.2 cm³/mol. The third-order valence-corrected chi connectivity index (χ3v) is 3.48. The molecule has 1 amide bonds. The smallest absolute Gasteiger partial charge is 0.254 e. The maximum atomic E-state index is 12.5. The molecule has 5 nitrogen and oxygen atoms in total. The number of hydrogen-bond acceptors (Lipinski definition) is 4. The van der Waals surface area contributed by atoms with Gasteiger partial charge in [0, 0.05) is 43.6 Å². The Morgan fingerprint density at radius 2 is 2.05 bits per heavy atom. The zero-order valence-electron chi connectivity index (χ0n) is 11.2. The molecule has 106 valence electrons. The molecule has 1 fully saturated rings. The van der Waals surface area contributed by atoms with Crippen LogP contribution in [0.5, 0.6) is 0 Å². The molecule has 0 saturated carbocycles. The average Bonchev–Trinajstić information content (AvgIpc) is 2.46. The van der Waals surface area contributed by atoms with Gasteiger partial charge in [-0.2, -0.15) is 0 Å². The molecular weight excluding hydrogens is 276 g/mol. The number of aromatic nitrogens is 2. The van der Waals surface area contributed by atoms with E-state index in [0.717, 1.165) is 30.7 Å². The van der Waals surface area contributed by atoms with Crippen molar-refractivity contribution >= 4 is 29.3 Å². The zero-order chi connectivity index (χ0) is 13.2. The topological polar surface area (TPSA) is 58.1 Å². The molecular formula is C14H17ClN4O. The summed E-state index contributed by atoms with van der Waals surface area (Å²) >= 11 is 0. The van der Waals surface area contributed by atoms with E-state index in [9.17, 15) is 4.79 Å². The van der Waals surface area contributed by atoms with Gasteiger partial charge in [-0.15, -0.1) is 12.4 Å². The van der Waals surface area contributed by atoms with Crippen LogP contribution in [0.4, 0.5) is 0 Å². The first kappa shape index (κ1) is 14.7. The van der Waals surface area contributed by atoms with Gasteiger partial charge in [0.1, 0.15) is 0 Å². The van der Waals surface area contributed by atoms with Crippen molar-refractivity contribution in [3.8, 4) is 0 Å². The van der Waals surface area contributed by atoms with Gasteiger partial charge in [-0.25, -0.2) is 0 Å². The second-order valence-corrected chi connectivity index (χ2v) is 4.81. The zero-order valence-corrected chi connectivity index (χ0v) is 12.1. The van der Waals surface area contributed by atoms with E-state index in [2.05, 4.69) is 22.2 Å². The number of halogens is 1. The molecule has 1 unspecified atom stereocenters.